The maximum atomic E-state index is 13.8. The van der Waals surface area contributed by atoms with Crippen molar-refractivity contribution in [2.75, 3.05) is 23.4 Å². The summed E-state index contributed by atoms with van der Waals surface area (Å²) >= 11 is 0. The molecule has 1 unspecified atom stereocenters. The first-order valence-corrected chi connectivity index (χ1v) is 11.5. The Morgan fingerprint density at radius 2 is 1.89 bits per heavy atom. The number of carboxylic acid groups (broad SMARTS) is 1. The van der Waals surface area contributed by atoms with E-state index < -0.39 is 35.9 Å². The molecule has 0 aliphatic carbocycles. The van der Waals surface area contributed by atoms with Gasteiger partial charge >= 0.3 is 18.1 Å². The molecule has 2 aromatic carbocycles. The zero-order valence-electron chi connectivity index (χ0n) is 19.5. The number of fused-ring (bicyclic) bond motifs is 2. The number of carboxylic acids is 1. The van der Waals surface area contributed by atoms with E-state index in [-0.39, 0.29) is 24.7 Å². The summed E-state index contributed by atoms with van der Waals surface area (Å²) in [5.41, 5.74) is 1.44. The molecule has 0 radical (unpaired) electrons. The Hall–Kier alpha value is -4.28. The van der Waals surface area contributed by atoms with Gasteiger partial charge in [0.1, 0.15) is 23.9 Å². The van der Waals surface area contributed by atoms with Gasteiger partial charge in [-0.2, -0.15) is 13.2 Å². The molecule has 5 rings (SSSR count). The molecule has 0 fully saturated rings. The molecule has 0 spiro atoms. The van der Waals surface area contributed by atoms with E-state index in [1.165, 1.54) is 18.2 Å². The van der Waals surface area contributed by atoms with Crippen LogP contribution in [0.15, 0.2) is 60.8 Å². The van der Waals surface area contributed by atoms with Crippen molar-refractivity contribution in [2.24, 2.45) is 5.92 Å². The summed E-state index contributed by atoms with van der Waals surface area (Å²) < 4.78 is 52.7. The standard InChI is InChI=1S/C26H22F3N3O5/c1-14(24(33)34)18-12-36-21-11-15(8-9-16(18)21)32(25(35)26(27,28)29)20-13-37-23-17(20)5-4-6-19(23)31-22-7-2-3-10-30-22/h2-11,14,18,20H,12-13H2,1H3,(H,30,31)(H,33,34)/t14?,18-,20+/m0/s1. The van der Waals surface area contributed by atoms with Crippen LogP contribution in [0.5, 0.6) is 11.5 Å². The number of hydrogen-bond acceptors (Lipinski definition) is 6. The third-order valence-corrected chi connectivity index (χ3v) is 6.58. The van der Waals surface area contributed by atoms with Crippen LogP contribution in [0, 0.1) is 5.92 Å². The number of hydrogen-bond donors (Lipinski definition) is 2. The molecule has 11 heteroatoms. The SMILES string of the molecule is CC(C(=O)O)[C@@H]1COc2cc(N(C(=O)C(F)(F)F)[C@@H]3COc4c(Nc5ccccn5)cccc43)ccc21. The monoisotopic (exact) mass is 513 g/mol. The van der Waals surface area contributed by atoms with Gasteiger partial charge in [-0.1, -0.05) is 31.2 Å². The molecule has 37 heavy (non-hydrogen) atoms. The molecule has 2 aliphatic heterocycles. The van der Waals surface area contributed by atoms with Crippen LogP contribution in [0.25, 0.3) is 0 Å². The van der Waals surface area contributed by atoms with Gasteiger partial charge in [0.15, 0.2) is 0 Å². The fourth-order valence-corrected chi connectivity index (χ4v) is 4.65. The Morgan fingerprint density at radius 3 is 2.59 bits per heavy atom. The lowest BCUT2D eigenvalue weighted by Gasteiger charge is -2.29. The van der Waals surface area contributed by atoms with Crippen LogP contribution in [0.4, 0.5) is 30.4 Å². The normalized spacial score (nSPS) is 18.7. The van der Waals surface area contributed by atoms with E-state index in [2.05, 4.69) is 10.3 Å². The molecule has 192 valence electrons. The Labute approximate surface area is 209 Å². The first kappa shape index (κ1) is 24.4. The molecule has 3 aromatic rings. The summed E-state index contributed by atoms with van der Waals surface area (Å²) in [5, 5.41) is 12.5. The number of ether oxygens (including phenoxy) is 2. The number of aromatic nitrogens is 1. The second kappa shape index (κ2) is 9.30. The molecular formula is C26H22F3N3O5. The van der Waals surface area contributed by atoms with Gasteiger partial charge in [0.05, 0.1) is 24.3 Å². The maximum absolute atomic E-state index is 13.8. The van der Waals surface area contributed by atoms with Crippen LogP contribution in [0.1, 0.15) is 30.0 Å². The van der Waals surface area contributed by atoms with Gasteiger partial charge in [-0.3, -0.25) is 14.5 Å². The van der Waals surface area contributed by atoms with E-state index >= 15 is 0 Å². The zero-order chi connectivity index (χ0) is 26.3. The van der Waals surface area contributed by atoms with Crippen molar-refractivity contribution in [2.45, 2.75) is 25.1 Å². The molecule has 0 saturated carbocycles. The minimum atomic E-state index is -5.15. The predicted octanol–water partition coefficient (Wildman–Crippen LogP) is 5.05. The van der Waals surface area contributed by atoms with Crippen molar-refractivity contribution in [1.82, 2.24) is 4.98 Å². The first-order valence-electron chi connectivity index (χ1n) is 11.5. The second-order valence-corrected chi connectivity index (χ2v) is 8.83. The number of rotatable bonds is 6. The Morgan fingerprint density at radius 1 is 1.08 bits per heavy atom. The number of carbonyl (C=O) groups is 2. The van der Waals surface area contributed by atoms with Crippen LogP contribution >= 0.6 is 0 Å². The fourth-order valence-electron chi connectivity index (χ4n) is 4.65. The van der Waals surface area contributed by atoms with Crippen molar-refractivity contribution in [1.29, 1.82) is 0 Å². The van der Waals surface area contributed by atoms with Crippen LogP contribution in [-0.4, -0.2) is 41.4 Å². The molecule has 1 amide bonds. The summed E-state index contributed by atoms with van der Waals surface area (Å²) in [6.45, 7) is 1.42. The Kier molecular flexibility index (Phi) is 6.14. The summed E-state index contributed by atoms with van der Waals surface area (Å²) in [6.07, 6.45) is -3.55. The average molecular weight is 513 g/mol. The number of amides is 1. The van der Waals surface area contributed by atoms with Crippen molar-refractivity contribution >= 4 is 29.1 Å². The van der Waals surface area contributed by atoms with Gasteiger partial charge in [-0.15, -0.1) is 0 Å². The maximum Gasteiger partial charge on any atom is 0.471 e. The third kappa shape index (κ3) is 4.52. The number of aliphatic carboxylic acids is 1. The van der Waals surface area contributed by atoms with Crippen LogP contribution in [0.2, 0.25) is 0 Å². The predicted molar refractivity (Wildman–Crippen MR) is 127 cm³/mol. The lowest BCUT2D eigenvalue weighted by Crippen LogP contribution is -2.44. The Bertz CT molecular complexity index is 1350. The molecule has 3 heterocycles. The topological polar surface area (TPSA) is 101 Å². The van der Waals surface area contributed by atoms with E-state index in [1.807, 2.05) is 0 Å². The number of pyridine rings is 1. The van der Waals surface area contributed by atoms with Crippen molar-refractivity contribution < 1.29 is 37.3 Å². The highest BCUT2D eigenvalue weighted by atomic mass is 19.4. The molecule has 1 aromatic heterocycles. The van der Waals surface area contributed by atoms with Gasteiger partial charge in [0, 0.05) is 35.0 Å². The molecule has 2 aliphatic rings. The second-order valence-electron chi connectivity index (χ2n) is 8.83. The van der Waals surface area contributed by atoms with Gasteiger partial charge in [0.2, 0.25) is 0 Å². The molecule has 8 nitrogen and oxygen atoms in total. The first-order chi connectivity index (χ1) is 17.6. The van der Waals surface area contributed by atoms with Crippen molar-refractivity contribution in [3.8, 4) is 11.5 Å². The number of anilines is 3. The quantitative estimate of drug-likeness (QED) is 0.476. The molecule has 0 bridgehead atoms. The molecule has 3 atom stereocenters. The smallest absolute Gasteiger partial charge is 0.471 e. The number of carbonyl (C=O) groups excluding carboxylic acids is 1. The fraction of sp³-hybridized carbons (Fsp3) is 0.269. The van der Waals surface area contributed by atoms with Crippen LogP contribution in [-0.2, 0) is 9.59 Å². The van der Waals surface area contributed by atoms with Crippen molar-refractivity contribution in [3.63, 3.8) is 0 Å². The number of alkyl halides is 3. The van der Waals surface area contributed by atoms with E-state index in [1.54, 1.807) is 49.5 Å². The van der Waals surface area contributed by atoms with E-state index in [4.69, 9.17) is 9.47 Å². The number of nitrogens with zero attached hydrogens (tertiary/aromatic N) is 2. The highest BCUT2D eigenvalue weighted by molar-refractivity contribution is 5.98. The number of benzene rings is 2. The highest BCUT2D eigenvalue weighted by Gasteiger charge is 2.48. The Balaban J connectivity index is 1.52. The lowest BCUT2D eigenvalue weighted by molar-refractivity contribution is -0.171. The summed E-state index contributed by atoms with van der Waals surface area (Å²) in [7, 11) is 0. The van der Waals surface area contributed by atoms with E-state index in [0.29, 0.717) is 33.3 Å². The number of halogens is 3. The number of nitrogens with one attached hydrogen (secondary N) is 1. The van der Waals surface area contributed by atoms with Gasteiger partial charge in [-0.25, -0.2) is 4.98 Å². The third-order valence-electron chi connectivity index (χ3n) is 6.58. The van der Waals surface area contributed by atoms with E-state index in [0.717, 1.165) is 0 Å². The molecule has 2 N–H and O–H groups in total. The largest absolute Gasteiger partial charge is 0.493 e. The molecular weight excluding hydrogens is 491 g/mol. The van der Waals surface area contributed by atoms with Crippen LogP contribution < -0.4 is 19.7 Å². The highest BCUT2D eigenvalue weighted by Crippen LogP contribution is 2.47. The summed E-state index contributed by atoms with van der Waals surface area (Å²) in [5.74, 6) is -3.16. The van der Waals surface area contributed by atoms with Gasteiger partial charge < -0.3 is 19.9 Å². The zero-order valence-corrected chi connectivity index (χ0v) is 19.5. The average Bonchev–Trinajstić information content (AvgIpc) is 3.49. The van der Waals surface area contributed by atoms with Gasteiger partial charge in [0.25, 0.3) is 0 Å². The lowest BCUT2D eigenvalue weighted by atomic mass is 9.89. The van der Waals surface area contributed by atoms with Crippen LogP contribution in [0.3, 0.4) is 0 Å². The minimum Gasteiger partial charge on any atom is -0.493 e. The van der Waals surface area contributed by atoms with Crippen molar-refractivity contribution in [3.05, 3.63) is 71.9 Å². The minimum absolute atomic E-state index is 0.0331. The van der Waals surface area contributed by atoms with E-state index in [9.17, 15) is 27.9 Å². The number of para-hydroxylation sites is 1. The van der Waals surface area contributed by atoms with Gasteiger partial charge in [-0.05, 0) is 24.3 Å². The molecule has 0 saturated heterocycles. The summed E-state index contributed by atoms with van der Waals surface area (Å²) in [6, 6.07) is 13.4. The summed E-state index contributed by atoms with van der Waals surface area (Å²) in [4.78, 5) is 29.0.